The van der Waals surface area contributed by atoms with E-state index in [1.165, 1.54) is 0 Å². The number of amides is 2. The molecule has 1 N–H and O–H groups in total. The van der Waals surface area contributed by atoms with Crippen LogP contribution in [0.3, 0.4) is 0 Å². The van der Waals surface area contributed by atoms with Gasteiger partial charge in [0.2, 0.25) is 0 Å². The normalized spacial score (nSPS) is 12.7. The van der Waals surface area contributed by atoms with E-state index in [1.54, 1.807) is 24.3 Å². The van der Waals surface area contributed by atoms with Gasteiger partial charge in [-0.25, -0.2) is 0 Å². The fourth-order valence-electron chi connectivity index (χ4n) is 3.53. The molecule has 0 spiro atoms. The summed E-state index contributed by atoms with van der Waals surface area (Å²) >= 11 is 6.14. The first-order chi connectivity index (χ1) is 13.1. The van der Waals surface area contributed by atoms with Crippen LogP contribution in [0.1, 0.15) is 40.5 Å². The van der Waals surface area contributed by atoms with Crippen LogP contribution in [0.2, 0.25) is 5.02 Å². The fourth-order valence-corrected chi connectivity index (χ4v) is 3.75. The van der Waals surface area contributed by atoms with Crippen molar-refractivity contribution in [3.63, 3.8) is 0 Å². The maximum atomic E-state index is 12.8. The number of nitrogens with zero attached hydrogens (tertiary/aromatic N) is 1. The van der Waals surface area contributed by atoms with Gasteiger partial charge in [-0.3, -0.25) is 9.59 Å². The Morgan fingerprint density at radius 2 is 1.89 bits per heavy atom. The summed E-state index contributed by atoms with van der Waals surface area (Å²) in [4.78, 5) is 27.3. The van der Waals surface area contributed by atoms with Gasteiger partial charge in [0.25, 0.3) is 11.8 Å². The van der Waals surface area contributed by atoms with Crippen LogP contribution in [0, 0.1) is 0 Å². The zero-order valence-electron chi connectivity index (χ0n) is 15.0. The lowest BCUT2D eigenvalue weighted by atomic mass is 10.0. The van der Waals surface area contributed by atoms with Crippen molar-refractivity contribution >= 4 is 45.6 Å². The van der Waals surface area contributed by atoms with Gasteiger partial charge in [0.1, 0.15) is 0 Å². The number of nitrogens with one attached hydrogen (secondary N) is 1. The van der Waals surface area contributed by atoms with Gasteiger partial charge in [0.05, 0.1) is 16.3 Å². The SMILES string of the molecule is CCCCN1C(=O)c2cccc3c(NC(=O)c4ccccc4Cl)ccc1c23. The molecular weight excluding hydrogens is 360 g/mol. The molecule has 5 heteroatoms. The second-order valence-electron chi connectivity index (χ2n) is 6.60. The average Bonchev–Trinajstić information content (AvgIpc) is 2.95. The molecule has 3 aromatic rings. The van der Waals surface area contributed by atoms with Crippen LogP contribution in [0.5, 0.6) is 0 Å². The fraction of sp³-hybridized carbons (Fsp3) is 0.182. The van der Waals surface area contributed by atoms with Crippen LogP contribution in [-0.2, 0) is 0 Å². The van der Waals surface area contributed by atoms with E-state index in [9.17, 15) is 9.59 Å². The molecule has 3 aromatic carbocycles. The van der Waals surface area contributed by atoms with Gasteiger partial charge in [0.15, 0.2) is 0 Å². The van der Waals surface area contributed by atoms with Crippen LogP contribution in [0.4, 0.5) is 11.4 Å². The molecule has 1 heterocycles. The predicted octanol–water partition coefficient (Wildman–Crippen LogP) is 5.51. The Bertz CT molecular complexity index is 1060. The monoisotopic (exact) mass is 378 g/mol. The number of anilines is 2. The van der Waals surface area contributed by atoms with Crippen LogP contribution >= 0.6 is 11.6 Å². The van der Waals surface area contributed by atoms with E-state index in [0.29, 0.717) is 28.4 Å². The van der Waals surface area contributed by atoms with Crippen LogP contribution < -0.4 is 10.2 Å². The number of halogens is 1. The van der Waals surface area contributed by atoms with Crippen molar-refractivity contribution in [2.45, 2.75) is 19.8 Å². The highest BCUT2D eigenvalue weighted by molar-refractivity contribution is 6.34. The number of benzene rings is 3. The summed E-state index contributed by atoms with van der Waals surface area (Å²) in [7, 11) is 0. The van der Waals surface area contributed by atoms with Crippen molar-refractivity contribution in [3.8, 4) is 0 Å². The maximum absolute atomic E-state index is 12.8. The van der Waals surface area contributed by atoms with Crippen LogP contribution in [0.25, 0.3) is 10.8 Å². The molecule has 0 radical (unpaired) electrons. The van der Waals surface area contributed by atoms with E-state index in [-0.39, 0.29) is 11.8 Å². The summed E-state index contributed by atoms with van der Waals surface area (Å²) in [6.07, 6.45) is 1.97. The summed E-state index contributed by atoms with van der Waals surface area (Å²) in [5, 5.41) is 5.11. The smallest absolute Gasteiger partial charge is 0.258 e. The number of carbonyl (C=O) groups is 2. The Hall–Kier alpha value is -2.85. The molecule has 0 unspecified atom stereocenters. The number of unbranched alkanes of at least 4 members (excludes halogenated alkanes) is 1. The van der Waals surface area contributed by atoms with E-state index >= 15 is 0 Å². The van der Waals surface area contributed by atoms with E-state index in [4.69, 9.17) is 11.6 Å². The van der Waals surface area contributed by atoms with Gasteiger partial charge in [0, 0.05) is 28.6 Å². The zero-order valence-corrected chi connectivity index (χ0v) is 15.7. The third-order valence-corrected chi connectivity index (χ3v) is 5.22. The van der Waals surface area contributed by atoms with Crippen molar-refractivity contribution in [2.75, 3.05) is 16.8 Å². The highest BCUT2D eigenvalue weighted by Crippen LogP contribution is 2.40. The lowest BCUT2D eigenvalue weighted by Crippen LogP contribution is -2.27. The third-order valence-electron chi connectivity index (χ3n) is 4.89. The second-order valence-corrected chi connectivity index (χ2v) is 7.01. The summed E-state index contributed by atoms with van der Waals surface area (Å²) in [5.74, 6) is -0.243. The van der Waals surface area contributed by atoms with Crippen molar-refractivity contribution in [3.05, 3.63) is 70.7 Å². The molecule has 136 valence electrons. The molecule has 0 aromatic heterocycles. The summed E-state index contributed by atoms with van der Waals surface area (Å²) in [6, 6.07) is 16.3. The molecule has 0 saturated heterocycles. The summed E-state index contributed by atoms with van der Waals surface area (Å²) < 4.78 is 0. The van der Waals surface area contributed by atoms with Crippen molar-refractivity contribution in [2.24, 2.45) is 0 Å². The Labute approximate surface area is 162 Å². The zero-order chi connectivity index (χ0) is 19.0. The summed E-state index contributed by atoms with van der Waals surface area (Å²) in [5.41, 5.74) is 2.69. The van der Waals surface area contributed by atoms with E-state index in [2.05, 4.69) is 12.2 Å². The predicted molar refractivity (Wildman–Crippen MR) is 110 cm³/mol. The first-order valence-corrected chi connectivity index (χ1v) is 9.43. The number of rotatable bonds is 5. The van der Waals surface area contributed by atoms with Gasteiger partial charge in [-0.15, -0.1) is 0 Å². The minimum Gasteiger partial charge on any atom is -0.321 e. The van der Waals surface area contributed by atoms with Crippen LogP contribution in [-0.4, -0.2) is 18.4 Å². The van der Waals surface area contributed by atoms with Gasteiger partial charge < -0.3 is 10.2 Å². The standard InChI is InChI=1S/C22H19ClN2O2/c1-2-3-13-25-19-12-11-18(15-8-6-9-16(20(15)19)22(25)27)24-21(26)14-7-4-5-10-17(14)23/h4-12H,2-3,13H2,1H3,(H,24,26). The third kappa shape index (κ3) is 2.96. The van der Waals surface area contributed by atoms with Crippen molar-refractivity contribution in [1.82, 2.24) is 0 Å². The first-order valence-electron chi connectivity index (χ1n) is 9.05. The summed E-state index contributed by atoms with van der Waals surface area (Å²) in [6.45, 7) is 2.81. The second kappa shape index (κ2) is 7.05. The highest BCUT2D eigenvalue weighted by Gasteiger charge is 2.30. The van der Waals surface area contributed by atoms with Gasteiger partial charge in [-0.05, 0) is 36.8 Å². The minimum atomic E-state index is -0.270. The number of carbonyl (C=O) groups excluding carboxylic acids is 2. The lowest BCUT2D eigenvalue weighted by molar-refractivity contribution is 0.0991. The average molecular weight is 379 g/mol. The van der Waals surface area contributed by atoms with E-state index < -0.39 is 0 Å². The largest absolute Gasteiger partial charge is 0.321 e. The molecule has 1 aliphatic heterocycles. The quantitative estimate of drug-likeness (QED) is 0.636. The Balaban J connectivity index is 1.75. The Morgan fingerprint density at radius 1 is 1.07 bits per heavy atom. The molecule has 0 saturated carbocycles. The Kier molecular flexibility index (Phi) is 4.58. The molecule has 0 atom stereocenters. The van der Waals surface area contributed by atoms with Crippen LogP contribution in [0.15, 0.2) is 54.6 Å². The highest BCUT2D eigenvalue weighted by atomic mass is 35.5. The van der Waals surface area contributed by atoms with Gasteiger partial charge >= 0.3 is 0 Å². The van der Waals surface area contributed by atoms with E-state index in [1.807, 2.05) is 35.2 Å². The van der Waals surface area contributed by atoms with Crippen molar-refractivity contribution < 1.29 is 9.59 Å². The molecule has 27 heavy (non-hydrogen) atoms. The van der Waals surface area contributed by atoms with E-state index in [0.717, 1.165) is 29.3 Å². The minimum absolute atomic E-state index is 0.0265. The first kappa shape index (κ1) is 17.6. The van der Waals surface area contributed by atoms with Gasteiger partial charge in [-0.1, -0.05) is 49.2 Å². The molecule has 2 amide bonds. The van der Waals surface area contributed by atoms with Gasteiger partial charge in [-0.2, -0.15) is 0 Å². The Morgan fingerprint density at radius 3 is 2.67 bits per heavy atom. The maximum Gasteiger partial charge on any atom is 0.258 e. The molecule has 0 aliphatic carbocycles. The molecule has 4 nitrogen and oxygen atoms in total. The molecular formula is C22H19ClN2O2. The number of hydrogen-bond acceptors (Lipinski definition) is 2. The number of hydrogen-bond donors (Lipinski definition) is 1. The molecule has 0 bridgehead atoms. The molecule has 0 fully saturated rings. The lowest BCUT2D eigenvalue weighted by Gasteiger charge is -2.17. The molecule has 1 aliphatic rings. The topological polar surface area (TPSA) is 49.4 Å². The molecule has 4 rings (SSSR count). The van der Waals surface area contributed by atoms with Crippen molar-refractivity contribution in [1.29, 1.82) is 0 Å².